The van der Waals surface area contributed by atoms with Gasteiger partial charge in [0.1, 0.15) is 6.61 Å². The van der Waals surface area contributed by atoms with Gasteiger partial charge in [0.25, 0.3) is 5.69 Å². The topological polar surface area (TPSA) is 102 Å². The lowest BCUT2D eigenvalue weighted by atomic mass is 10.1. The summed E-state index contributed by atoms with van der Waals surface area (Å²) < 4.78 is 5.04. The van der Waals surface area contributed by atoms with Crippen LogP contribution < -0.4 is 5.32 Å². The van der Waals surface area contributed by atoms with E-state index in [4.69, 9.17) is 4.74 Å². The lowest BCUT2D eigenvalue weighted by molar-refractivity contribution is -0.384. The molecule has 0 atom stereocenters. The Morgan fingerprint density at radius 2 is 1.95 bits per heavy atom. The summed E-state index contributed by atoms with van der Waals surface area (Å²) >= 11 is 0. The van der Waals surface area contributed by atoms with E-state index in [1.54, 1.807) is 0 Å². The highest BCUT2D eigenvalue weighted by Gasteiger charge is 2.12. The summed E-state index contributed by atoms with van der Waals surface area (Å²) in [5.41, 5.74) is 1.19. The molecule has 0 fully saturated rings. The number of non-ortho nitro benzene ring substituents is 1. The molecule has 22 heavy (non-hydrogen) atoms. The van der Waals surface area contributed by atoms with Crippen LogP contribution in [0.5, 0.6) is 0 Å². The summed E-state index contributed by atoms with van der Waals surface area (Å²) in [7, 11) is 0. The van der Waals surface area contributed by atoms with Crippen LogP contribution in [0.1, 0.15) is 11.1 Å². The van der Waals surface area contributed by atoms with Crippen molar-refractivity contribution >= 4 is 17.5 Å². The second-order valence-corrected chi connectivity index (χ2v) is 4.44. The Hall–Kier alpha value is -2.93. The zero-order valence-corrected chi connectivity index (χ0v) is 11.6. The minimum Gasteiger partial charge on any atom is -0.444 e. The van der Waals surface area contributed by atoms with Crippen molar-refractivity contribution in [3.8, 4) is 0 Å². The summed E-state index contributed by atoms with van der Waals surface area (Å²) in [4.78, 5) is 21.8. The highest BCUT2D eigenvalue weighted by molar-refractivity contribution is 5.86. The molecule has 7 heteroatoms. The fourth-order valence-electron chi connectivity index (χ4n) is 1.82. The third-order valence-corrected chi connectivity index (χ3v) is 2.92. The van der Waals surface area contributed by atoms with E-state index in [0.29, 0.717) is 0 Å². The normalized spacial score (nSPS) is 10.0. The molecule has 0 unspecified atom stereocenters. The molecule has 114 valence electrons. The number of carbonyl (C=O) groups excluding carboxylic acids is 1. The molecule has 0 aliphatic carbocycles. The van der Waals surface area contributed by atoms with Gasteiger partial charge in [-0.25, -0.2) is 4.79 Å². The van der Waals surface area contributed by atoms with Crippen LogP contribution in [0.15, 0.2) is 48.5 Å². The molecule has 0 aliphatic rings. The molecule has 2 rings (SSSR count). The van der Waals surface area contributed by atoms with Crippen molar-refractivity contribution in [3.63, 3.8) is 0 Å². The van der Waals surface area contributed by atoms with Crippen molar-refractivity contribution in [1.82, 2.24) is 0 Å². The SMILES string of the molecule is O=C(Nc1ccc([N+](=O)[O-])cc1CO)OCc1ccccc1. The number of anilines is 1. The number of benzene rings is 2. The van der Waals surface area contributed by atoms with Crippen molar-refractivity contribution in [3.05, 3.63) is 69.8 Å². The van der Waals surface area contributed by atoms with Crippen LogP contribution in [-0.2, 0) is 18.0 Å². The summed E-state index contributed by atoms with van der Waals surface area (Å²) in [5.74, 6) is 0. The average molecular weight is 302 g/mol. The number of ether oxygens (including phenoxy) is 1. The molecule has 0 radical (unpaired) electrons. The van der Waals surface area contributed by atoms with Gasteiger partial charge < -0.3 is 9.84 Å². The van der Waals surface area contributed by atoms with E-state index in [1.807, 2.05) is 30.3 Å². The standard InChI is InChI=1S/C15H14N2O5/c18-9-12-8-13(17(20)21)6-7-14(12)16-15(19)22-10-11-4-2-1-3-5-11/h1-8,18H,9-10H2,(H,16,19). The minimum absolute atomic E-state index is 0.105. The number of rotatable bonds is 5. The van der Waals surface area contributed by atoms with E-state index >= 15 is 0 Å². The van der Waals surface area contributed by atoms with Crippen molar-refractivity contribution in [1.29, 1.82) is 0 Å². The number of hydrogen-bond acceptors (Lipinski definition) is 5. The van der Waals surface area contributed by atoms with E-state index in [9.17, 15) is 20.0 Å². The molecule has 2 aromatic rings. The van der Waals surface area contributed by atoms with E-state index in [2.05, 4.69) is 5.32 Å². The third kappa shape index (κ3) is 4.03. The number of hydrogen-bond donors (Lipinski definition) is 2. The Kier molecular flexibility index (Phi) is 5.05. The maximum Gasteiger partial charge on any atom is 0.411 e. The van der Waals surface area contributed by atoms with Crippen molar-refractivity contribution < 1.29 is 19.6 Å². The summed E-state index contributed by atoms with van der Waals surface area (Å²) in [6.45, 7) is -0.329. The van der Waals surface area contributed by atoms with Gasteiger partial charge in [0.2, 0.25) is 0 Å². The summed E-state index contributed by atoms with van der Waals surface area (Å²) in [5, 5.41) is 22.4. The first kappa shape index (κ1) is 15.5. The maximum absolute atomic E-state index is 11.7. The predicted molar refractivity (Wildman–Crippen MR) is 79.3 cm³/mol. The lowest BCUT2D eigenvalue weighted by Crippen LogP contribution is -2.15. The van der Waals surface area contributed by atoms with Crippen LogP contribution in [0, 0.1) is 10.1 Å². The molecule has 7 nitrogen and oxygen atoms in total. The van der Waals surface area contributed by atoms with Crippen molar-refractivity contribution in [2.45, 2.75) is 13.2 Å². The lowest BCUT2D eigenvalue weighted by Gasteiger charge is -2.10. The number of nitro benzene ring substituents is 1. The summed E-state index contributed by atoms with van der Waals surface area (Å²) in [6.07, 6.45) is -0.701. The molecule has 0 aromatic heterocycles. The Bertz CT molecular complexity index is 673. The van der Waals surface area contributed by atoms with Crippen molar-refractivity contribution in [2.24, 2.45) is 0 Å². The third-order valence-electron chi connectivity index (χ3n) is 2.92. The Labute approximate surface area is 126 Å². The fraction of sp³-hybridized carbons (Fsp3) is 0.133. The molecule has 0 saturated carbocycles. The number of carbonyl (C=O) groups is 1. The van der Waals surface area contributed by atoms with Gasteiger partial charge in [-0.15, -0.1) is 0 Å². The van der Waals surface area contributed by atoms with Crippen molar-refractivity contribution in [2.75, 3.05) is 5.32 Å². The van der Waals surface area contributed by atoms with Crippen LogP contribution in [0.25, 0.3) is 0 Å². The van der Waals surface area contributed by atoms with Crippen LogP contribution in [-0.4, -0.2) is 16.1 Å². The van der Waals surface area contributed by atoms with Gasteiger partial charge in [-0.3, -0.25) is 15.4 Å². The molecule has 0 spiro atoms. The predicted octanol–water partition coefficient (Wildman–Crippen LogP) is 2.84. The van der Waals surface area contributed by atoms with Crippen LogP contribution in [0.2, 0.25) is 0 Å². The maximum atomic E-state index is 11.7. The molecular weight excluding hydrogens is 288 g/mol. The smallest absolute Gasteiger partial charge is 0.411 e. The summed E-state index contributed by atoms with van der Waals surface area (Å²) in [6, 6.07) is 12.9. The van der Waals surface area contributed by atoms with Gasteiger partial charge in [0.05, 0.1) is 17.2 Å². The fourth-order valence-corrected chi connectivity index (χ4v) is 1.82. The molecule has 2 aromatic carbocycles. The largest absolute Gasteiger partial charge is 0.444 e. The van der Waals surface area contributed by atoms with Gasteiger partial charge in [-0.2, -0.15) is 0 Å². The highest BCUT2D eigenvalue weighted by Crippen LogP contribution is 2.22. The van der Waals surface area contributed by atoms with E-state index in [-0.39, 0.29) is 23.5 Å². The zero-order valence-electron chi connectivity index (χ0n) is 11.6. The number of nitrogens with zero attached hydrogens (tertiary/aromatic N) is 1. The number of nitro groups is 1. The first-order valence-corrected chi connectivity index (χ1v) is 6.46. The van der Waals surface area contributed by atoms with Gasteiger partial charge in [-0.1, -0.05) is 30.3 Å². The monoisotopic (exact) mass is 302 g/mol. The van der Waals surface area contributed by atoms with E-state index in [0.717, 1.165) is 5.56 Å². The Morgan fingerprint density at radius 3 is 2.59 bits per heavy atom. The van der Waals surface area contributed by atoms with Gasteiger partial charge in [0, 0.05) is 17.7 Å². The van der Waals surface area contributed by atoms with Crippen LogP contribution in [0.3, 0.4) is 0 Å². The molecule has 2 N–H and O–H groups in total. The Morgan fingerprint density at radius 1 is 1.23 bits per heavy atom. The molecule has 0 saturated heterocycles. The Balaban J connectivity index is 2.00. The highest BCUT2D eigenvalue weighted by atomic mass is 16.6. The second kappa shape index (κ2) is 7.19. The molecular formula is C15H14N2O5. The minimum atomic E-state index is -0.701. The number of aliphatic hydroxyl groups is 1. The van der Waals surface area contributed by atoms with Crippen LogP contribution >= 0.6 is 0 Å². The first-order chi connectivity index (χ1) is 10.6. The van der Waals surface area contributed by atoms with Gasteiger partial charge in [0.15, 0.2) is 0 Å². The van der Waals surface area contributed by atoms with E-state index < -0.39 is 17.6 Å². The number of nitrogens with one attached hydrogen (secondary N) is 1. The van der Waals surface area contributed by atoms with Crippen LogP contribution in [0.4, 0.5) is 16.2 Å². The zero-order chi connectivity index (χ0) is 15.9. The molecule has 1 amide bonds. The van der Waals surface area contributed by atoms with E-state index in [1.165, 1.54) is 18.2 Å². The van der Waals surface area contributed by atoms with Gasteiger partial charge >= 0.3 is 6.09 Å². The molecule has 0 aliphatic heterocycles. The van der Waals surface area contributed by atoms with Gasteiger partial charge in [-0.05, 0) is 11.6 Å². The number of aliphatic hydroxyl groups excluding tert-OH is 1. The molecule has 0 heterocycles. The molecule has 0 bridgehead atoms. The number of amides is 1. The first-order valence-electron chi connectivity index (χ1n) is 6.46. The second-order valence-electron chi connectivity index (χ2n) is 4.44. The quantitative estimate of drug-likeness (QED) is 0.653. The average Bonchev–Trinajstić information content (AvgIpc) is 2.54.